The van der Waals surface area contributed by atoms with Crippen molar-refractivity contribution < 1.29 is 123 Å². The molecule has 0 rings (SSSR count). The van der Waals surface area contributed by atoms with Crippen molar-refractivity contribution in [1.82, 2.24) is 0 Å². The molecule has 0 amide bonds. The summed E-state index contributed by atoms with van der Waals surface area (Å²) in [5.41, 5.74) is 0. The molecule has 4 atom stereocenters. The third-order valence-corrected chi connectivity index (χ3v) is 26.2. The Morgan fingerprint density at radius 3 is 0.472 bits per heavy atom. The van der Waals surface area contributed by atoms with Crippen LogP contribution in [-0.2, 0) is 98.5 Å². The molecule has 0 saturated heterocycles. The van der Waals surface area contributed by atoms with Crippen LogP contribution in [0.4, 0.5) is 0 Å². The van der Waals surface area contributed by atoms with Gasteiger partial charge >= 0.3 is 79.1 Å². The van der Waals surface area contributed by atoms with Gasteiger partial charge in [-0.1, -0.05) is 402 Å². The van der Waals surface area contributed by atoms with Gasteiger partial charge in [0.15, 0.2) is 0 Å². The number of aliphatic carboxylic acids is 1. The van der Waals surface area contributed by atoms with Gasteiger partial charge in [0.1, 0.15) is 0 Å². The van der Waals surface area contributed by atoms with Crippen LogP contribution >= 0.6 is 0 Å². The van der Waals surface area contributed by atoms with Crippen LogP contribution in [0.2, 0.25) is 26.2 Å². The van der Waals surface area contributed by atoms with Crippen molar-refractivity contribution in [3.63, 3.8) is 0 Å². The van der Waals surface area contributed by atoms with Gasteiger partial charge in [0, 0.05) is 80.5 Å². The maximum absolute atomic E-state index is 10.3. The number of unbranched alkanes of at least 4 members (excludes halogenated alkanes) is 56. The van der Waals surface area contributed by atoms with Gasteiger partial charge in [-0.2, -0.15) is 48.0 Å². The zero-order valence-electron chi connectivity index (χ0n) is 70.2. The molecule has 0 bridgehead atoms. The maximum Gasteiger partial charge on any atom is 2.00 e. The van der Waals surface area contributed by atoms with Gasteiger partial charge in [0.05, 0.1) is 0 Å². The Labute approximate surface area is 687 Å². The Kier molecular flexibility index (Phi) is 152. The van der Waals surface area contributed by atoms with Crippen molar-refractivity contribution in [2.45, 2.75) is 460 Å². The van der Waals surface area contributed by atoms with Crippen LogP contribution in [0.3, 0.4) is 0 Å². The summed E-state index contributed by atoms with van der Waals surface area (Å²) < 4.78 is 28.3. The summed E-state index contributed by atoms with van der Waals surface area (Å²) in [5, 5.41) is 8.52. The van der Waals surface area contributed by atoms with E-state index in [1.54, 1.807) is 0 Å². The molecule has 0 fully saturated rings. The van der Waals surface area contributed by atoms with Gasteiger partial charge in [-0.15, -0.1) is 0 Å². The molecule has 0 aromatic heterocycles. The average Bonchev–Trinajstić information content (AvgIpc) is 0.892. The van der Waals surface area contributed by atoms with E-state index >= 15 is 0 Å². The molecule has 5 N–H and O–H groups in total. The van der Waals surface area contributed by atoms with Crippen LogP contribution in [0.1, 0.15) is 434 Å². The number of carbonyl (C=O) groups excluding carboxylic acids is 6. The Bertz CT molecular complexity index is 1430. The number of rotatable bonds is 66. The van der Waals surface area contributed by atoms with Crippen LogP contribution in [0.25, 0.3) is 0 Å². The van der Waals surface area contributed by atoms with E-state index in [-0.39, 0.29) is 72.3 Å². The van der Waals surface area contributed by atoms with Gasteiger partial charge in [-0.05, 0) is 6.42 Å². The van der Waals surface area contributed by atoms with Crippen molar-refractivity contribution in [3.05, 3.63) is 20.8 Å². The van der Waals surface area contributed by atoms with Crippen molar-refractivity contribution in [2.24, 2.45) is 0 Å². The molecule has 0 aromatic rings. The standard InChI is InChI=1S/C18H36O2.3C17H35.2C4H14O5Si2.3CO2.2CH4.2Zn/c1-2-3-4-5-6-7-8-9-10-11-12-13-14-15-16-17-18(19)20;3*1-3-5-7-9-11-13-15-17-16-14-12-10-8-6-4-2;2*1-7-10(3,5)9-11(4,6)8-2;3*2-1-3;;;;/h2-17H2,1H3,(H,19,20);3*1,3-17H2,2H3;2*5-6H,1-4H3;;;;2*1H4;;/q;3*-1;;;;;;;;;+2. The van der Waals surface area contributed by atoms with Gasteiger partial charge < -0.3 is 71.0 Å². The van der Waals surface area contributed by atoms with E-state index in [0.717, 1.165) is 32.1 Å². The summed E-state index contributed by atoms with van der Waals surface area (Å²) in [4.78, 5) is 96.2. The third kappa shape index (κ3) is 160. The molecule has 106 heavy (non-hydrogen) atoms. The van der Waals surface area contributed by atoms with Crippen molar-refractivity contribution in [1.29, 1.82) is 0 Å². The fourth-order valence-corrected chi connectivity index (χ4v) is 17.6. The molecule has 0 aliphatic rings. The van der Waals surface area contributed by atoms with E-state index in [0.29, 0.717) is 6.42 Å². The normalized spacial score (nSPS) is 12.2. The Morgan fingerprint density at radius 2 is 0.377 bits per heavy atom. The number of carbonyl (C=O) groups is 1. The molecular weight excluding hydrogens is 1520 g/mol. The number of hydrogen-bond donors (Lipinski definition) is 5. The second-order valence-corrected chi connectivity index (χ2v) is 37.8. The number of hydrogen-bond acceptors (Lipinski definition) is 17. The van der Waals surface area contributed by atoms with E-state index < -0.39 is 41.2 Å². The summed E-state index contributed by atoms with van der Waals surface area (Å²) in [6, 6.07) is 0. The van der Waals surface area contributed by atoms with Gasteiger partial charge in [0.2, 0.25) is 0 Å². The summed E-state index contributed by atoms with van der Waals surface area (Å²) in [5.74, 6) is -0.653. The maximum atomic E-state index is 10.3. The van der Waals surface area contributed by atoms with E-state index in [2.05, 4.69) is 66.2 Å². The predicted octanol–water partition coefficient (Wildman–Crippen LogP) is 24.8. The molecule has 24 heteroatoms. The van der Waals surface area contributed by atoms with Crippen LogP contribution in [-0.4, -0.2) is 112 Å². The largest absolute Gasteiger partial charge is 2.00 e. The second kappa shape index (κ2) is 120. The summed E-state index contributed by atoms with van der Waals surface area (Å²) in [7, 11) is -7.28. The zero-order chi connectivity index (χ0) is 79.1. The molecule has 0 radical (unpaired) electrons. The predicted molar refractivity (Wildman–Crippen MR) is 442 cm³/mol. The molecule has 0 aliphatic carbocycles. The quantitative estimate of drug-likeness (QED) is 0.0215. The monoisotopic (exact) mass is 1690 g/mol. The van der Waals surface area contributed by atoms with Crippen LogP contribution in [0.5, 0.6) is 0 Å². The molecule has 0 spiro atoms. The summed E-state index contributed by atoms with van der Waals surface area (Å²) in [6.07, 6.45) is 84.9. The van der Waals surface area contributed by atoms with Crippen molar-refractivity contribution in [3.8, 4) is 0 Å². The second-order valence-electron chi connectivity index (χ2n) is 27.3. The van der Waals surface area contributed by atoms with E-state index in [4.69, 9.17) is 42.1 Å². The third-order valence-electron chi connectivity index (χ3n) is 17.1. The molecule has 634 valence electrons. The van der Waals surface area contributed by atoms with E-state index in [9.17, 15) is 24.0 Å². The fraction of sp³-hybridized carbons (Fsp3) is 0.915. The van der Waals surface area contributed by atoms with Gasteiger partial charge in [0.25, 0.3) is 0 Å². The minimum Gasteiger partial charge on any atom is -0.481 e. The van der Waals surface area contributed by atoms with Crippen molar-refractivity contribution in [2.75, 3.05) is 28.4 Å². The average molecular weight is 1690 g/mol. The minimum absolute atomic E-state index is 0. The van der Waals surface area contributed by atoms with Crippen LogP contribution in [0, 0.1) is 20.8 Å². The van der Waals surface area contributed by atoms with Crippen LogP contribution < -0.4 is 0 Å². The topological polar surface area (TPSA) is 276 Å². The minimum atomic E-state index is -3.15. The molecule has 0 aromatic carbocycles. The zero-order valence-corrected chi connectivity index (χ0v) is 80.1. The molecule has 0 heterocycles. The van der Waals surface area contributed by atoms with Gasteiger partial charge in [-0.3, -0.25) is 4.79 Å². The fourth-order valence-electron chi connectivity index (χ4n) is 10.6. The number of carboxylic acids is 1. The molecule has 4 unspecified atom stereocenters. The number of carboxylic acid groups (broad SMARTS) is 1. The first-order chi connectivity index (χ1) is 48.9. The van der Waals surface area contributed by atoms with Crippen molar-refractivity contribution >= 4 is 59.6 Å². The van der Waals surface area contributed by atoms with Crippen LogP contribution in [0.15, 0.2) is 0 Å². The van der Waals surface area contributed by atoms with E-state index in [1.165, 1.54) is 408 Å². The molecule has 0 aliphatic heterocycles. The Morgan fingerprint density at radius 1 is 0.274 bits per heavy atom. The first kappa shape index (κ1) is 134. The van der Waals surface area contributed by atoms with E-state index in [1.807, 2.05) is 0 Å². The first-order valence-electron chi connectivity index (χ1n) is 41.0. The van der Waals surface area contributed by atoms with Gasteiger partial charge in [-0.25, -0.2) is 0 Å². The first-order valence-corrected chi connectivity index (χ1v) is 50.0. The summed E-state index contributed by atoms with van der Waals surface area (Å²) >= 11 is 0. The molecule has 18 nitrogen and oxygen atoms in total. The smallest absolute Gasteiger partial charge is 0.481 e. The Hall–Kier alpha value is -0.676. The summed E-state index contributed by atoms with van der Waals surface area (Å²) in [6.45, 7) is 26.4. The Balaban J connectivity index is -0.0000000870. The molecule has 0 saturated carbocycles. The SMILES string of the molecule is C.C.CCCCCCCCCCCCCCCCCC(=O)O.CO[Si](C)(O)O[Si](C)(O)OC.CO[Si](C)(O)O[Si](C)(O)OC.O=C=O.O=C=O.O=C=O.[CH2-]CCCCCCCCCCCCCCCC.[CH2-]CCCCCCCCCCCCCCCC.[CH2-]CCCCCCCCCCCCCCCC.[Zn+2].[Zn]. The molecular formula is C82H177O18Si4Zn2-.